The molecule has 176 valence electrons. The van der Waals surface area contributed by atoms with E-state index < -0.39 is 0 Å². The summed E-state index contributed by atoms with van der Waals surface area (Å²) in [5.41, 5.74) is 3.45. The standard InChI is InChI=1S/C26H28N4O3S/c1-3-31-25(19-7-5-4-6-8-19)20-9-11-23-21(15-20)16-30(13-14-32-23)17-22-10-12-24(33-22)34-26-28-27-18-29(26)2/h4-12,15,18,25H,3,13-14,16-17H2,1-2H3/t25-/m0/s1. The van der Waals surface area contributed by atoms with Crippen molar-refractivity contribution in [1.29, 1.82) is 0 Å². The monoisotopic (exact) mass is 476 g/mol. The Balaban J connectivity index is 1.32. The Morgan fingerprint density at radius 3 is 2.76 bits per heavy atom. The van der Waals surface area contributed by atoms with Crippen molar-refractivity contribution >= 4 is 11.8 Å². The first kappa shape index (κ1) is 22.7. The minimum atomic E-state index is -0.0986. The topological polar surface area (TPSA) is 65.5 Å². The van der Waals surface area contributed by atoms with E-state index in [-0.39, 0.29) is 6.10 Å². The van der Waals surface area contributed by atoms with Gasteiger partial charge in [-0.1, -0.05) is 36.4 Å². The third-order valence-corrected chi connectivity index (χ3v) is 6.73. The first-order valence-corrected chi connectivity index (χ1v) is 12.3. The van der Waals surface area contributed by atoms with Crippen LogP contribution in [0.4, 0.5) is 0 Å². The number of nitrogens with zero attached hydrogens (tertiary/aromatic N) is 4. The van der Waals surface area contributed by atoms with Crippen molar-refractivity contribution in [2.75, 3.05) is 19.8 Å². The van der Waals surface area contributed by atoms with Crippen LogP contribution in [0.15, 0.2) is 81.7 Å². The van der Waals surface area contributed by atoms with Gasteiger partial charge in [0.15, 0.2) is 10.2 Å². The van der Waals surface area contributed by atoms with Crippen LogP contribution >= 0.6 is 11.8 Å². The van der Waals surface area contributed by atoms with Crippen molar-refractivity contribution in [3.8, 4) is 5.75 Å². The van der Waals surface area contributed by atoms with Gasteiger partial charge < -0.3 is 18.5 Å². The highest BCUT2D eigenvalue weighted by atomic mass is 32.2. The Morgan fingerprint density at radius 1 is 1.09 bits per heavy atom. The highest BCUT2D eigenvalue weighted by Gasteiger charge is 2.21. The second-order valence-corrected chi connectivity index (χ2v) is 9.19. The Hall–Kier alpha value is -3.07. The van der Waals surface area contributed by atoms with Crippen molar-refractivity contribution < 1.29 is 13.9 Å². The zero-order valence-electron chi connectivity index (χ0n) is 19.4. The van der Waals surface area contributed by atoms with Gasteiger partial charge in [0.2, 0.25) is 0 Å². The average Bonchev–Trinajstić information content (AvgIpc) is 3.41. The van der Waals surface area contributed by atoms with E-state index in [9.17, 15) is 0 Å². The molecule has 0 saturated heterocycles. The van der Waals surface area contributed by atoms with Crippen LogP contribution < -0.4 is 4.74 Å². The average molecular weight is 477 g/mol. The van der Waals surface area contributed by atoms with Gasteiger partial charge in [0.25, 0.3) is 0 Å². The van der Waals surface area contributed by atoms with Crippen LogP contribution in [0, 0.1) is 0 Å². The van der Waals surface area contributed by atoms with E-state index in [2.05, 4.69) is 57.6 Å². The number of aryl methyl sites for hydroxylation is 1. The van der Waals surface area contributed by atoms with E-state index in [1.165, 1.54) is 11.8 Å². The van der Waals surface area contributed by atoms with Crippen molar-refractivity contribution in [3.05, 3.63) is 89.4 Å². The molecule has 0 saturated carbocycles. The van der Waals surface area contributed by atoms with Crippen molar-refractivity contribution in [3.63, 3.8) is 0 Å². The largest absolute Gasteiger partial charge is 0.492 e. The van der Waals surface area contributed by atoms with Gasteiger partial charge in [0.1, 0.15) is 30.5 Å². The maximum Gasteiger partial charge on any atom is 0.198 e. The van der Waals surface area contributed by atoms with Crippen LogP contribution in [0.5, 0.6) is 5.75 Å². The molecule has 0 spiro atoms. The summed E-state index contributed by atoms with van der Waals surface area (Å²) >= 11 is 1.47. The lowest BCUT2D eigenvalue weighted by molar-refractivity contribution is 0.0912. The van der Waals surface area contributed by atoms with Crippen LogP contribution in [-0.4, -0.2) is 39.4 Å². The molecule has 1 atom stereocenters. The molecule has 0 amide bonds. The van der Waals surface area contributed by atoms with Gasteiger partial charge in [-0.2, -0.15) is 0 Å². The maximum absolute atomic E-state index is 6.13. The summed E-state index contributed by atoms with van der Waals surface area (Å²) in [5, 5.41) is 9.64. The molecule has 1 aliphatic heterocycles. The molecule has 0 aliphatic carbocycles. The molecule has 0 unspecified atom stereocenters. The van der Waals surface area contributed by atoms with E-state index in [4.69, 9.17) is 13.9 Å². The zero-order chi connectivity index (χ0) is 23.3. The predicted molar refractivity (Wildman–Crippen MR) is 130 cm³/mol. The lowest BCUT2D eigenvalue weighted by Crippen LogP contribution is -2.25. The lowest BCUT2D eigenvalue weighted by atomic mass is 9.99. The summed E-state index contributed by atoms with van der Waals surface area (Å²) in [6, 6.07) is 20.8. The molecule has 34 heavy (non-hydrogen) atoms. The highest BCUT2D eigenvalue weighted by molar-refractivity contribution is 7.99. The minimum absolute atomic E-state index is 0.0986. The zero-order valence-corrected chi connectivity index (χ0v) is 20.2. The molecule has 2 aromatic heterocycles. The van der Waals surface area contributed by atoms with Crippen molar-refractivity contribution in [1.82, 2.24) is 19.7 Å². The Bertz CT molecular complexity index is 1220. The molecule has 0 fully saturated rings. The highest BCUT2D eigenvalue weighted by Crippen LogP contribution is 2.33. The van der Waals surface area contributed by atoms with Gasteiger partial charge >= 0.3 is 0 Å². The number of aromatic nitrogens is 3. The maximum atomic E-state index is 6.13. The fourth-order valence-electron chi connectivity index (χ4n) is 4.12. The summed E-state index contributed by atoms with van der Waals surface area (Å²) < 4.78 is 20.1. The first-order valence-electron chi connectivity index (χ1n) is 11.4. The molecule has 8 heteroatoms. The Morgan fingerprint density at radius 2 is 1.97 bits per heavy atom. The molecule has 3 heterocycles. The summed E-state index contributed by atoms with van der Waals surface area (Å²) in [5.74, 6) is 1.85. The molecule has 7 nitrogen and oxygen atoms in total. The minimum Gasteiger partial charge on any atom is -0.492 e. The van der Waals surface area contributed by atoms with Gasteiger partial charge in [-0.05, 0) is 54.1 Å². The molecule has 0 bridgehead atoms. The van der Waals surface area contributed by atoms with Crippen LogP contribution in [-0.2, 0) is 24.9 Å². The second-order valence-electron chi connectivity index (χ2n) is 8.22. The Kier molecular flexibility index (Phi) is 6.99. The number of rotatable bonds is 8. The van der Waals surface area contributed by atoms with Crippen LogP contribution in [0.1, 0.15) is 35.5 Å². The fourth-order valence-corrected chi connectivity index (χ4v) is 4.86. The van der Waals surface area contributed by atoms with Crippen LogP contribution in [0.2, 0.25) is 0 Å². The summed E-state index contributed by atoms with van der Waals surface area (Å²) in [6.07, 6.45) is 1.58. The third-order valence-electron chi connectivity index (χ3n) is 5.76. The molecule has 0 N–H and O–H groups in total. The molecule has 2 aromatic carbocycles. The van der Waals surface area contributed by atoms with Crippen LogP contribution in [0.25, 0.3) is 0 Å². The van der Waals surface area contributed by atoms with E-state index in [0.717, 1.165) is 51.5 Å². The van der Waals surface area contributed by atoms with Gasteiger partial charge in [-0.3, -0.25) is 4.90 Å². The lowest BCUT2D eigenvalue weighted by Gasteiger charge is -2.21. The number of hydrogen-bond donors (Lipinski definition) is 0. The molecular weight excluding hydrogens is 448 g/mol. The second kappa shape index (κ2) is 10.5. The van der Waals surface area contributed by atoms with Gasteiger partial charge in [-0.25, -0.2) is 0 Å². The number of furan rings is 1. The predicted octanol–water partition coefficient (Wildman–Crippen LogP) is 5.08. The fraction of sp³-hybridized carbons (Fsp3) is 0.308. The molecular formula is C26H28N4O3S. The van der Waals surface area contributed by atoms with E-state index in [1.807, 2.05) is 36.7 Å². The number of fused-ring (bicyclic) bond motifs is 1. The molecule has 5 rings (SSSR count). The quantitative estimate of drug-likeness (QED) is 0.351. The molecule has 0 radical (unpaired) electrons. The van der Waals surface area contributed by atoms with Gasteiger partial charge in [0.05, 0.1) is 6.54 Å². The smallest absolute Gasteiger partial charge is 0.198 e. The summed E-state index contributed by atoms with van der Waals surface area (Å²) in [6.45, 7) is 5.63. The summed E-state index contributed by atoms with van der Waals surface area (Å²) in [4.78, 5) is 2.35. The normalized spacial score (nSPS) is 14.9. The number of hydrogen-bond acceptors (Lipinski definition) is 7. The van der Waals surface area contributed by atoms with Gasteiger partial charge in [0, 0.05) is 32.3 Å². The van der Waals surface area contributed by atoms with E-state index in [1.54, 1.807) is 6.33 Å². The third kappa shape index (κ3) is 5.19. The van der Waals surface area contributed by atoms with Crippen LogP contribution in [0.3, 0.4) is 0 Å². The summed E-state index contributed by atoms with van der Waals surface area (Å²) in [7, 11) is 1.92. The van der Waals surface area contributed by atoms with E-state index >= 15 is 0 Å². The number of ether oxygens (including phenoxy) is 2. The van der Waals surface area contributed by atoms with Crippen molar-refractivity contribution in [2.24, 2.45) is 7.05 Å². The molecule has 4 aromatic rings. The van der Waals surface area contributed by atoms with Gasteiger partial charge in [-0.15, -0.1) is 10.2 Å². The SMILES string of the molecule is CCO[C@@H](c1ccccc1)c1ccc2c(c1)CN(Cc1ccc(Sc3nncn3C)o1)CCO2. The molecule has 1 aliphatic rings. The van der Waals surface area contributed by atoms with E-state index in [0.29, 0.717) is 19.8 Å². The first-order chi connectivity index (χ1) is 16.7. The van der Waals surface area contributed by atoms with Crippen molar-refractivity contribution in [2.45, 2.75) is 36.4 Å². The Labute approximate surface area is 203 Å². The number of benzene rings is 2.